The van der Waals surface area contributed by atoms with E-state index in [1.165, 1.54) is 29.5 Å². The molecule has 2 rings (SSSR count). The molecule has 0 saturated heterocycles. The van der Waals surface area contributed by atoms with Crippen molar-refractivity contribution in [3.63, 3.8) is 0 Å². The smallest absolute Gasteiger partial charge is 0.0147 e. The fourth-order valence-electron chi connectivity index (χ4n) is 2.65. The minimum Gasteiger partial charge on any atom is -0.0918 e. The summed E-state index contributed by atoms with van der Waals surface area (Å²) in [5.74, 6) is 0. The first-order valence-electron chi connectivity index (χ1n) is 7.43. The SMILES string of the molecule is Cc1ccc(C(CBr)(CBr)CCCc2ccccc2)cc1. The Balaban J connectivity index is 2.06. The molecule has 0 radical (unpaired) electrons. The van der Waals surface area contributed by atoms with Crippen LogP contribution in [0, 0.1) is 6.92 Å². The lowest BCUT2D eigenvalue weighted by atomic mass is 9.79. The average molecular weight is 410 g/mol. The molecule has 0 aliphatic rings. The first kappa shape index (κ1) is 16.8. The van der Waals surface area contributed by atoms with E-state index in [4.69, 9.17) is 0 Å². The number of rotatable bonds is 7. The monoisotopic (exact) mass is 408 g/mol. The third-order valence-electron chi connectivity index (χ3n) is 4.14. The van der Waals surface area contributed by atoms with Crippen LogP contribution in [0.1, 0.15) is 29.5 Å². The van der Waals surface area contributed by atoms with Crippen molar-refractivity contribution in [1.82, 2.24) is 0 Å². The maximum absolute atomic E-state index is 3.74. The Morgan fingerprint density at radius 1 is 0.857 bits per heavy atom. The fraction of sp³-hybridized carbons (Fsp3) is 0.368. The summed E-state index contributed by atoms with van der Waals surface area (Å²) in [5.41, 5.74) is 4.36. The van der Waals surface area contributed by atoms with Crippen molar-refractivity contribution in [3.8, 4) is 0 Å². The highest BCUT2D eigenvalue weighted by molar-refractivity contribution is 9.09. The Bertz CT molecular complexity index is 527. The molecule has 0 aromatic heterocycles. The molecule has 0 nitrogen and oxygen atoms in total. The van der Waals surface area contributed by atoms with Crippen LogP contribution in [0.2, 0.25) is 0 Å². The normalized spacial score (nSPS) is 11.6. The largest absolute Gasteiger partial charge is 0.0918 e. The Kier molecular flexibility index (Phi) is 6.50. The Hall–Kier alpha value is -0.600. The lowest BCUT2D eigenvalue weighted by molar-refractivity contribution is 0.484. The average Bonchev–Trinajstić information content (AvgIpc) is 2.54. The number of benzene rings is 2. The lowest BCUT2D eigenvalue weighted by Crippen LogP contribution is -2.30. The van der Waals surface area contributed by atoms with E-state index < -0.39 is 0 Å². The third kappa shape index (κ3) is 4.43. The van der Waals surface area contributed by atoms with Crippen LogP contribution >= 0.6 is 31.9 Å². The zero-order valence-electron chi connectivity index (χ0n) is 12.5. The van der Waals surface area contributed by atoms with Crippen molar-refractivity contribution < 1.29 is 0 Å². The van der Waals surface area contributed by atoms with Crippen LogP contribution in [0.4, 0.5) is 0 Å². The van der Waals surface area contributed by atoms with E-state index in [1.54, 1.807) is 0 Å². The summed E-state index contributed by atoms with van der Waals surface area (Å²) in [6.45, 7) is 2.14. The second kappa shape index (κ2) is 8.14. The van der Waals surface area contributed by atoms with Gasteiger partial charge in [0.15, 0.2) is 0 Å². The molecule has 0 heterocycles. The van der Waals surface area contributed by atoms with Gasteiger partial charge < -0.3 is 0 Å². The molecule has 21 heavy (non-hydrogen) atoms. The predicted molar refractivity (Wildman–Crippen MR) is 99.8 cm³/mol. The van der Waals surface area contributed by atoms with Crippen molar-refractivity contribution in [2.45, 2.75) is 31.6 Å². The van der Waals surface area contributed by atoms with Crippen LogP contribution in [-0.4, -0.2) is 10.7 Å². The molecule has 0 aliphatic heterocycles. The van der Waals surface area contributed by atoms with Crippen LogP contribution in [0.25, 0.3) is 0 Å². The highest BCUT2D eigenvalue weighted by Gasteiger charge is 2.29. The number of alkyl halides is 2. The number of aryl methyl sites for hydroxylation is 2. The maximum Gasteiger partial charge on any atom is 0.0147 e. The van der Waals surface area contributed by atoms with Crippen LogP contribution in [0.5, 0.6) is 0 Å². The van der Waals surface area contributed by atoms with E-state index >= 15 is 0 Å². The molecule has 2 heteroatoms. The van der Waals surface area contributed by atoms with Crippen LogP contribution in [-0.2, 0) is 11.8 Å². The summed E-state index contributed by atoms with van der Waals surface area (Å²) in [4.78, 5) is 0. The van der Waals surface area contributed by atoms with Gasteiger partial charge in [-0.25, -0.2) is 0 Å². The van der Waals surface area contributed by atoms with Crippen LogP contribution in [0.15, 0.2) is 54.6 Å². The fourth-order valence-corrected chi connectivity index (χ4v) is 4.79. The standard InChI is InChI=1S/C19H22Br2/c1-16-9-11-18(12-10-16)19(14-20,15-21)13-5-8-17-6-3-2-4-7-17/h2-4,6-7,9-12H,5,8,13-15H2,1H3. The molecule has 2 aromatic rings. The third-order valence-corrected chi connectivity index (χ3v) is 6.29. The first-order valence-corrected chi connectivity index (χ1v) is 9.67. The van der Waals surface area contributed by atoms with Crippen molar-refractivity contribution in [1.29, 1.82) is 0 Å². The van der Waals surface area contributed by atoms with E-state index in [9.17, 15) is 0 Å². The van der Waals surface area contributed by atoms with Gasteiger partial charge in [-0.3, -0.25) is 0 Å². The molecule has 0 atom stereocenters. The van der Waals surface area contributed by atoms with Crippen molar-refractivity contribution in [2.75, 3.05) is 10.7 Å². The first-order chi connectivity index (χ1) is 10.2. The second-order valence-electron chi connectivity index (χ2n) is 5.75. The molecule has 0 aliphatic carbocycles. The molecule has 0 unspecified atom stereocenters. The number of hydrogen-bond donors (Lipinski definition) is 0. The van der Waals surface area contributed by atoms with Gasteiger partial charge in [-0.1, -0.05) is 92.0 Å². The number of halogens is 2. The van der Waals surface area contributed by atoms with E-state index in [-0.39, 0.29) is 5.41 Å². The van der Waals surface area contributed by atoms with Gasteiger partial charge in [0.05, 0.1) is 0 Å². The Labute approximate surface area is 145 Å². The summed E-state index contributed by atoms with van der Waals surface area (Å²) in [6, 6.07) is 19.7. The summed E-state index contributed by atoms with van der Waals surface area (Å²) in [5, 5.41) is 1.98. The molecular weight excluding hydrogens is 388 g/mol. The van der Waals surface area contributed by atoms with E-state index in [2.05, 4.69) is 93.4 Å². The second-order valence-corrected chi connectivity index (χ2v) is 6.87. The van der Waals surface area contributed by atoms with Gasteiger partial charge >= 0.3 is 0 Å². The molecule has 0 spiro atoms. The highest BCUT2D eigenvalue weighted by atomic mass is 79.9. The zero-order chi connectivity index (χ0) is 15.1. The van der Waals surface area contributed by atoms with Gasteiger partial charge in [-0.15, -0.1) is 0 Å². The molecule has 2 aromatic carbocycles. The zero-order valence-corrected chi connectivity index (χ0v) is 15.7. The van der Waals surface area contributed by atoms with E-state index in [0.717, 1.165) is 17.1 Å². The number of hydrogen-bond acceptors (Lipinski definition) is 0. The molecule has 0 amide bonds. The molecular formula is C19H22Br2. The molecule has 0 bridgehead atoms. The topological polar surface area (TPSA) is 0 Å². The minimum absolute atomic E-state index is 0.183. The van der Waals surface area contributed by atoms with Gasteiger partial charge in [0, 0.05) is 16.1 Å². The van der Waals surface area contributed by atoms with Crippen molar-refractivity contribution in [3.05, 3.63) is 71.3 Å². The Morgan fingerprint density at radius 3 is 2.05 bits per heavy atom. The Morgan fingerprint density at radius 2 is 1.48 bits per heavy atom. The van der Waals surface area contributed by atoms with Crippen molar-refractivity contribution in [2.24, 2.45) is 0 Å². The summed E-state index contributed by atoms with van der Waals surface area (Å²) >= 11 is 7.49. The maximum atomic E-state index is 3.74. The minimum atomic E-state index is 0.183. The molecule has 112 valence electrons. The molecule has 0 N–H and O–H groups in total. The van der Waals surface area contributed by atoms with Gasteiger partial charge in [0.25, 0.3) is 0 Å². The summed E-state index contributed by atoms with van der Waals surface area (Å²) in [7, 11) is 0. The van der Waals surface area contributed by atoms with E-state index in [1.807, 2.05) is 0 Å². The highest BCUT2D eigenvalue weighted by Crippen LogP contribution is 2.34. The predicted octanol–water partition coefficient (Wildman–Crippen LogP) is 6.05. The molecule has 0 fully saturated rings. The van der Waals surface area contributed by atoms with Gasteiger partial charge in [0.1, 0.15) is 0 Å². The van der Waals surface area contributed by atoms with Crippen LogP contribution < -0.4 is 0 Å². The summed E-state index contributed by atoms with van der Waals surface area (Å²) in [6.07, 6.45) is 3.53. The van der Waals surface area contributed by atoms with E-state index in [0.29, 0.717) is 0 Å². The van der Waals surface area contributed by atoms with Crippen molar-refractivity contribution >= 4 is 31.9 Å². The van der Waals surface area contributed by atoms with Crippen LogP contribution in [0.3, 0.4) is 0 Å². The van der Waals surface area contributed by atoms with Gasteiger partial charge in [0.2, 0.25) is 0 Å². The molecule has 0 saturated carbocycles. The lowest BCUT2D eigenvalue weighted by Gasteiger charge is -2.31. The van der Waals surface area contributed by atoms with Gasteiger partial charge in [-0.2, -0.15) is 0 Å². The summed E-state index contributed by atoms with van der Waals surface area (Å²) < 4.78 is 0. The quantitative estimate of drug-likeness (QED) is 0.488. The van der Waals surface area contributed by atoms with Gasteiger partial charge in [-0.05, 0) is 37.3 Å².